The highest BCUT2D eigenvalue weighted by molar-refractivity contribution is 6.08. The number of rotatable bonds is 1. The first-order valence-electron chi connectivity index (χ1n) is 9.62. The van der Waals surface area contributed by atoms with Gasteiger partial charge in [0.1, 0.15) is 0 Å². The molecule has 0 bridgehead atoms. The molecule has 2 nitrogen and oxygen atoms in total. The van der Waals surface area contributed by atoms with Crippen molar-refractivity contribution in [3.8, 4) is 5.69 Å². The van der Waals surface area contributed by atoms with Crippen LogP contribution in [0.25, 0.3) is 44.5 Å². The summed E-state index contributed by atoms with van der Waals surface area (Å²) in [5.74, 6) is 0.510. The minimum Gasteiger partial charge on any atom is -0.355 e. The van der Waals surface area contributed by atoms with Crippen LogP contribution in [0.2, 0.25) is 0 Å². The van der Waals surface area contributed by atoms with Gasteiger partial charge in [-0.3, -0.25) is 0 Å². The van der Waals surface area contributed by atoms with E-state index < -0.39 is 0 Å². The average molecular weight is 348 g/mol. The minimum atomic E-state index is 0.510. The van der Waals surface area contributed by atoms with Gasteiger partial charge in [-0.15, -0.1) is 0 Å². The fourth-order valence-electron chi connectivity index (χ4n) is 4.70. The van der Waals surface area contributed by atoms with Crippen molar-refractivity contribution >= 4 is 38.8 Å². The number of para-hydroxylation sites is 2. The van der Waals surface area contributed by atoms with E-state index in [0.29, 0.717) is 5.92 Å². The van der Waals surface area contributed by atoms with Gasteiger partial charge in [0.15, 0.2) is 0 Å². The summed E-state index contributed by atoms with van der Waals surface area (Å²) in [7, 11) is 0. The number of aromatic nitrogens is 2. The molecule has 0 spiro atoms. The van der Waals surface area contributed by atoms with Crippen LogP contribution in [-0.4, -0.2) is 9.55 Å². The molecule has 1 N–H and O–H groups in total. The summed E-state index contributed by atoms with van der Waals surface area (Å²) >= 11 is 0. The first kappa shape index (κ1) is 14.9. The molecule has 27 heavy (non-hydrogen) atoms. The SMILES string of the molecule is C[C@@H]1CC=Cc2c1n(-c1ccc3[nH]c4ccccc4c3c1)c1ccccc21. The van der Waals surface area contributed by atoms with Crippen molar-refractivity contribution in [3.63, 3.8) is 0 Å². The molecular formula is C25H20N2. The average Bonchev–Trinajstić information content (AvgIpc) is 3.24. The Morgan fingerprint density at radius 2 is 1.63 bits per heavy atom. The molecule has 0 aliphatic heterocycles. The number of benzene rings is 3. The van der Waals surface area contributed by atoms with Crippen LogP contribution < -0.4 is 0 Å². The zero-order valence-electron chi connectivity index (χ0n) is 15.2. The highest BCUT2D eigenvalue weighted by Crippen LogP contribution is 2.39. The van der Waals surface area contributed by atoms with E-state index in [1.54, 1.807) is 0 Å². The molecule has 2 heteroatoms. The molecule has 5 aromatic rings. The summed E-state index contributed by atoms with van der Waals surface area (Å²) in [6, 6.07) is 24.1. The molecule has 0 unspecified atom stereocenters. The van der Waals surface area contributed by atoms with E-state index >= 15 is 0 Å². The van der Waals surface area contributed by atoms with Crippen molar-refractivity contribution < 1.29 is 0 Å². The molecule has 130 valence electrons. The fraction of sp³-hybridized carbons (Fsp3) is 0.120. The Balaban J connectivity index is 1.72. The molecule has 0 saturated heterocycles. The van der Waals surface area contributed by atoms with Gasteiger partial charge >= 0.3 is 0 Å². The van der Waals surface area contributed by atoms with Crippen LogP contribution in [-0.2, 0) is 0 Å². The summed E-state index contributed by atoms with van der Waals surface area (Å²) in [6.45, 7) is 2.34. The van der Waals surface area contributed by atoms with Crippen molar-refractivity contribution in [1.29, 1.82) is 0 Å². The van der Waals surface area contributed by atoms with Gasteiger partial charge < -0.3 is 9.55 Å². The lowest BCUT2D eigenvalue weighted by Crippen LogP contribution is -2.06. The summed E-state index contributed by atoms with van der Waals surface area (Å²) in [4.78, 5) is 3.54. The smallest absolute Gasteiger partial charge is 0.0537 e. The van der Waals surface area contributed by atoms with Crippen molar-refractivity contribution in [2.45, 2.75) is 19.3 Å². The lowest BCUT2D eigenvalue weighted by atomic mass is 9.93. The van der Waals surface area contributed by atoms with Crippen LogP contribution in [0.3, 0.4) is 0 Å². The maximum atomic E-state index is 3.54. The second kappa shape index (κ2) is 5.37. The zero-order chi connectivity index (χ0) is 18.0. The van der Waals surface area contributed by atoms with Crippen LogP contribution in [0.15, 0.2) is 72.8 Å². The quantitative estimate of drug-likeness (QED) is 0.344. The molecule has 3 aromatic carbocycles. The Morgan fingerprint density at radius 3 is 2.56 bits per heavy atom. The van der Waals surface area contributed by atoms with Crippen LogP contribution in [0.5, 0.6) is 0 Å². The van der Waals surface area contributed by atoms with Crippen molar-refractivity contribution in [1.82, 2.24) is 9.55 Å². The minimum absolute atomic E-state index is 0.510. The van der Waals surface area contributed by atoms with Gasteiger partial charge in [0.2, 0.25) is 0 Å². The third-order valence-electron chi connectivity index (χ3n) is 5.94. The highest BCUT2D eigenvalue weighted by Gasteiger charge is 2.23. The predicted molar refractivity (Wildman–Crippen MR) is 115 cm³/mol. The Labute approximate surface area is 157 Å². The lowest BCUT2D eigenvalue weighted by Gasteiger charge is -2.19. The topological polar surface area (TPSA) is 20.7 Å². The Morgan fingerprint density at radius 1 is 0.852 bits per heavy atom. The van der Waals surface area contributed by atoms with Crippen LogP contribution in [0.4, 0.5) is 0 Å². The number of aromatic amines is 1. The van der Waals surface area contributed by atoms with Gasteiger partial charge in [-0.2, -0.15) is 0 Å². The number of nitrogens with zero attached hydrogens (tertiary/aromatic N) is 1. The van der Waals surface area contributed by atoms with Crippen molar-refractivity contribution in [3.05, 3.63) is 84.1 Å². The number of hydrogen-bond acceptors (Lipinski definition) is 0. The number of fused-ring (bicyclic) bond motifs is 6. The summed E-state index contributed by atoms with van der Waals surface area (Å²) in [5.41, 5.74) is 7.73. The van der Waals surface area contributed by atoms with Crippen molar-refractivity contribution in [2.75, 3.05) is 0 Å². The van der Waals surface area contributed by atoms with E-state index in [2.05, 4.69) is 95.4 Å². The Bertz CT molecular complexity index is 1360. The van der Waals surface area contributed by atoms with Crippen LogP contribution >= 0.6 is 0 Å². The maximum absolute atomic E-state index is 3.54. The third-order valence-corrected chi connectivity index (χ3v) is 5.94. The Kier molecular flexibility index (Phi) is 2.96. The number of nitrogens with one attached hydrogen (secondary N) is 1. The molecule has 1 aliphatic rings. The van der Waals surface area contributed by atoms with Gasteiger partial charge in [-0.1, -0.05) is 55.5 Å². The van der Waals surface area contributed by atoms with Gasteiger partial charge in [0.05, 0.1) is 5.52 Å². The monoisotopic (exact) mass is 348 g/mol. The summed E-state index contributed by atoms with van der Waals surface area (Å²) < 4.78 is 2.47. The largest absolute Gasteiger partial charge is 0.355 e. The highest BCUT2D eigenvalue weighted by atomic mass is 15.0. The van der Waals surface area contributed by atoms with Gasteiger partial charge in [-0.05, 0) is 36.8 Å². The van der Waals surface area contributed by atoms with E-state index in [1.807, 2.05) is 0 Å². The first-order valence-corrected chi connectivity index (χ1v) is 9.62. The molecular weight excluding hydrogens is 328 g/mol. The van der Waals surface area contributed by atoms with Gasteiger partial charge in [0, 0.05) is 50.1 Å². The van der Waals surface area contributed by atoms with E-state index in [1.165, 1.54) is 49.7 Å². The molecule has 6 rings (SSSR count). The zero-order valence-corrected chi connectivity index (χ0v) is 15.2. The molecule has 2 heterocycles. The van der Waals surface area contributed by atoms with Gasteiger partial charge in [0.25, 0.3) is 0 Å². The number of allylic oxidation sites excluding steroid dienone is 1. The maximum Gasteiger partial charge on any atom is 0.0537 e. The first-order chi connectivity index (χ1) is 13.3. The predicted octanol–water partition coefficient (Wildman–Crippen LogP) is 6.79. The van der Waals surface area contributed by atoms with E-state index in [0.717, 1.165) is 6.42 Å². The summed E-state index contributed by atoms with van der Waals surface area (Å²) in [6.07, 6.45) is 5.71. The lowest BCUT2D eigenvalue weighted by molar-refractivity contribution is 0.724. The normalized spacial score (nSPS) is 16.4. The molecule has 1 atom stereocenters. The molecule has 0 fully saturated rings. The van der Waals surface area contributed by atoms with E-state index in [-0.39, 0.29) is 0 Å². The third kappa shape index (κ3) is 2.01. The van der Waals surface area contributed by atoms with Crippen molar-refractivity contribution in [2.24, 2.45) is 0 Å². The van der Waals surface area contributed by atoms with E-state index in [4.69, 9.17) is 0 Å². The fourth-order valence-corrected chi connectivity index (χ4v) is 4.70. The number of H-pyrrole nitrogens is 1. The second-order valence-corrected chi connectivity index (χ2v) is 7.59. The molecule has 0 amide bonds. The molecule has 0 saturated carbocycles. The number of hydrogen-bond donors (Lipinski definition) is 1. The van der Waals surface area contributed by atoms with Crippen LogP contribution in [0.1, 0.15) is 30.5 Å². The Hall–Kier alpha value is -3.26. The van der Waals surface area contributed by atoms with Crippen LogP contribution in [0, 0.1) is 0 Å². The summed E-state index contributed by atoms with van der Waals surface area (Å²) in [5, 5.41) is 3.91. The molecule has 0 radical (unpaired) electrons. The standard InChI is InChI=1S/C25H20N2/c1-16-7-6-10-20-19-9-3-5-12-24(19)27(25(16)20)17-13-14-23-21(15-17)18-8-2-4-11-22(18)26-23/h2-6,8-16,26H,7H2,1H3/t16-/m1/s1. The van der Waals surface area contributed by atoms with E-state index in [9.17, 15) is 0 Å². The van der Waals surface area contributed by atoms with Gasteiger partial charge in [-0.25, -0.2) is 0 Å². The molecule has 2 aromatic heterocycles. The molecule has 1 aliphatic carbocycles. The second-order valence-electron chi connectivity index (χ2n) is 7.59.